The van der Waals surface area contributed by atoms with Crippen LogP contribution >= 0.6 is 11.6 Å². The van der Waals surface area contributed by atoms with Gasteiger partial charge < -0.3 is 0 Å². The van der Waals surface area contributed by atoms with Gasteiger partial charge in [-0.1, -0.05) is 12.2 Å². The van der Waals surface area contributed by atoms with Crippen LogP contribution in [0.15, 0.2) is 12.2 Å². The maximum atomic E-state index is 5.46. The highest BCUT2D eigenvalue weighted by Crippen LogP contribution is 1.92. The fourth-order valence-electron chi connectivity index (χ4n) is 0.579. The van der Waals surface area contributed by atoms with Gasteiger partial charge in [-0.2, -0.15) is 0 Å². The molecule has 0 atom stereocenters. The summed E-state index contributed by atoms with van der Waals surface area (Å²) in [5.41, 5.74) is 0. The molecule has 56 valence electrons. The Bertz CT molecular complexity index is 137. The second kappa shape index (κ2) is 8.59. The normalized spacial score (nSPS) is 9.40. The van der Waals surface area contributed by atoms with Gasteiger partial charge in [-0.05, 0) is 19.8 Å². The summed E-state index contributed by atoms with van der Waals surface area (Å²) < 4.78 is 0. The summed E-state index contributed by atoms with van der Waals surface area (Å²) in [6, 6.07) is 0. The Hall–Kier alpha value is -0.410. The lowest BCUT2D eigenvalue weighted by Gasteiger charge is -1.83. The largest absolute Gasteiger partial charge is 0.126 e. The fourth-order valence-corrected chi connectivity index (χ4v) is 0.705. The van der Waals surface area contributed by atoms with Crippen molar-refractivity contribution in [3.8, 4) is 11.8 Å². The van der Waals surface area contributed by atoms with E-state index in [4.69, 9.17) is 11.6 Å². The lowest BCUT2D eigenvalue weighted by atomic mass is 10.3. The lowest BCUT2D eigenvalue weighted by Crippen LogP contribution is -1.68. The van der Waals surface area contributed by atoms with Crippen molar-refractivity contribution in [2.45, 2.75) is 26.2 Å². The summed E-state index contributed by atoms with van der Waals surface area (Å²) in [7, 11) is 0. The zero-order valence-electron chi connectivity index (χ0n) is 6.36. The number of halogens is 1. The van der Waals surface area contributed by atoms with Crippen molar-refractivity contribution in [2.24, 2.45) is 0 Å². The van der Waals surface area contributed by atoms with E-state index in [0.717, 1.165) is 25.1 Å². The molecule has 0 aliphatic rings. The Balaban J connectivity index is 3.07. The molecule has 0 unspecified atom stereocenters. The Labute approximate surface area is 68.3 Å². The van der Waals surface area contributed by atoms with Crippen LogP contribution in [0.25, 0.3) is 0 Å². The van der Waals surface area contributed by atoms with E-state index in [0.29, 0.717) is 0 Å². The Morgan fingerprint density at radius 1 is 1.30 bits per heavy atom. The molecule has 0 nitrogen and oxygen atoms in total. The van der Waals surface area contributed by atoms with Crippen LogP contribution in [-0.4, -0.2) is 5.88 Å². The molecule has 0 saturated heterocycles. The molecule has 0 amide bonds. The Morgan fingerprint density at radius 3 is 2.60 bits per heavy atom. The van der Waals surface area contributed by atoms with Gasteiger partial charge in [0.25, 0.3) is 0 Å². The highest BCUT2D eigenvalue weighted by atomic mass is 35.5. The molecular formula is C9H13Cl. The molecular weight excluding hydrogens is 144 g/mol. The first-order valence-electron chi connectivity index (χ1n) is 3.52. The Kier molecular flexibility index (Phi) is 8.24. The molecule has 0 bridgehead atoms. The van der Waals surface area contributed by atoms with Crippen LogP contribution in [0, 0.1) is 11.8 Å². The van der Waals surface area contributed by atoms with E-state index in [1.165, 1.54) is 0 Å². The number of unbranched alkanes of at least 4 members (excludes halogenated alkanes) is 1. The van der Waals surface area contributed by atoms with Crippen molar-refractivity contribution >= 4 is 11.6 Å². The molecule has 0 aromatic carbocycles. The van der Waals surface area contributed by atoms with Crippen molar-refractivity contribution in [3.05, 3.63) is 12.2 Å². The van der Waals surface area contributed by atoms with Crippen LogP contribution in [0.3, 0.4) is 0 Å². The monoisotopic (exact) mass is 156 g/mol. The summed E-state index contributed by atoms with van der Waals surface area (Å²) in [4.78, 5) is 0. The minimum Gasteiger partial charge on any atom is -0.126 e. The number of hydrogen-bond acceptors (Lipinski definition) is 0. The van der Waals surface area contributed by atoms with Crippen LogP contribution in [0.2, 0.25) is 0 Å². The van der Waals surface area contributed by atoms with Crippen molar-refractivity contribution in [1.82, 2.24) is 0 Å². The molecule has 1 heteroatoms. The molecule has 0 aromatic heterocycles. The third-order valence-corrected chi connectivity index (χ3v) is 1.27. The van der Waals surface area contributed by atoms with Crippen molar-refractivity contribution in [3.63, 3.8) is 0 Å². The van der Waals surface area contributed by atoms with E-state index in [1.807, 2.05) is 6.92 Å². The molecule has 10 heavy (non-hydrogen) atoms. The van der Waals surface area contributed by atoms with Gasteiger partial charge in [-0.15, -0.1) is 23.4 Å². The van der Waals surface area contributed by atoms with E-state index in [1.54, 1.807) is 0 Å². The molecule has 0 saturated carbocycles. The van der Waals surface area contributed by atoms with Crippen molar-refractivity contribution < 1.29 is 0 Å². The van der Waals surface area contributed by atoms with Gasteiger partial charge in [0.05, 0.1) is 0 Å². The number of alkyl halides is 1. The predicted octanol–water partition coefficient (Wildman–Crippen LogP) is 2.98. The average Bonchev–Trinajstić information content (AvgIpc) is 1.97. The molecule has 0 radical (unpaired) electrons. The van der Waals surface area contributed by atoms with Crippen LogP contribution in [0.1, 0.15) is 26.2 Å². The zero-order chi connectivity index (χ0) is 7.66. The summed E-state index contributed by atoms with van der Waals surface area (Å²) in [6.07, 6.45) is 7.23. The smallest absolute Gasteiger partial charge is 0.0257 e. The third kappa shape index (κ3) is 7.59. The maximum absolute atomic E-state index is 5.46. The molecule has 0 rings (SSSR count). The summed E-state index contributed by atoms with van der Waals surface area (Å²) >= 11 is 5.46. The first-order valence-corrected chi connectivity index (χ1v) is 4.06. The quantitative estimate of drug-likeness (QED) is 0.254. The van der Waals surface area contributed by atoms with Crippen molar-refractivity contribution in [1.29, 1.82) is 0 Å². The van der Waals surface area contributed by atoms with Crippen molar-refractivity contribution in [2.75, 3.05) is 5.88 Å². The van der Waals surface area contributed by atoms with Gasteiger partial charge in [-0.25, -0.2) is 0 Å². The highest BCUT2D eigenvalue weighted by Gasteiger charge is 1.75. The van der Waals surface area contributed by atoms with Gasteiger partial charge in [0.1, 0.15) is 0 Å². The number of rotatable bonds is 4. The summed E-state index contributed by atoms with van der Waals surface area (Å²) in [5, 5.41) is 0. The zero-order valence-corrected chi connectivity index (χ0v) is 7.12. The topological polar surface area (TPSA) is 0 Å². The molecule has 0 heterocycles. The van der Waals surface area contributed by atoms with Crippen LogP contribution in [0.4, 0.5) is 0 Å². The molecule has 0 aliphatic carbocycles. The first kappa shape index (κ1) is 9.59. The standard InChI is InChI=1S/C9H13Cl/c1-2-3-4-5-6-7-8-9-10/h6-7H,4-5,8-9H2,1H3/b7-6+. The van der Waals surface area contributed by atoms with E-state index in [2.05, 4.69) is 24.0 Å². The molecule has 0 aliphatic heterocycles. The van der Waals surface area contributed by atoms with E-state index in [9.17, 15) is 0 Å². The van der Waals surface area contributed by atoms with Crippen LogP contribution in [0.5, 0.6) is 0 Å². The summed E-state index contributed by atoms with van der Waals surface area (Å²) in [6.45, 7) is 1.86. The van der Waals surface area contributed by atoms with Gasteiger partial charge >= 0.3 is 0 Å². The maximum Gasteiger partial charge on any atom is 0.0257 e. The minimum absolute atomic E-state index is 0.718. The minimum atomic E-state index is 0.718. The molecule has 0 spiro atoms. The van der Waals surface area contributed by atoms with Crippen LogP contribution < -0.4 is 0 Å². The third-order valence-electron chi connectivity index (χ3n) is 1.06. The van der Waals surface area contributed by atoms with Gasteiger partial charge in [0.15, 0.2) is 0 Å². The fraction of sp³-hybridized carbons (Fsp3) is 0.556. The van der Waals surface area contributed by atoms with Gasteiger partial charge in [0, 0.05) is 12.3 Å². The molecule has 0 fully saturated rings. The average molecular weight is 157 g/mol. The lowest BCUT2D eigenvalue weighted by molar-refractivity contribution is 1.07. The molecule has 0 aromatic rings. The Morgan fingerprint density at radius 2 is 2.00 bits per heavy atom. The highest BCUT2D eigenvalue weighted by molar-refractivity contribution is 6.17. The van der Waals surface area contributed by atoms with E-state index in [-0.39, 0.29) is 0 Å². The first-order chi connectivity index (χ1) is 4.91. The molecule has 0 N–H and O–H groups in total. The SMILES string of the molecule is CC#CCC/C=C/CCCl. The number of hydrogen-bond donors (Lipinski definition) is 0. The second-order valence-corrected chi connectivity index (χ2v) is 2.29. The number of allylic oxidation sites excluding steroid dienone is 2. The predicted molar refractivity (Wildman–Crippen MR) is 47.2 cm³/mol. The van der Waals surface area contributed by atoms with Gasteiger partial charge in [0.2, 0.25) is 0 Å². The van der Waals surface area contributed by atoms with E-state index < -0.39 is 0 Å². The van der Waals surface area contributed by atoms with E-state index >= 15 is 0 Å². The second-order valence-electron chi connectivity index (χ2n) is 1.91. The van der Waals surface area contributed by atoms with Gasteiger partial charge in [-0.3, -0.25) is 0 Å². The van der Waals surface area contributed by atoms with Crippen LogP contribution in [-0.2, 0) is 0 Å². The summed E-state index contributed by atoms with van der Waals surface area (Å²) in [5.74, 6) is 6.56.